The molecule has 0 unspecified atom stereocenters. The number of aromatic hydroxyl groups is 1. The maximum atomic E-state index is 10.6. The lowest BCUT2D eigenvalue weighted by atomic mass is 10.1. The molecule has 0 bridgehead atoms. The molecule has 0 amide bonds. The summed E-state index contributed by atoms with van der Waals surface area (Å²) >= 11 is 0. The van der Waals surface area contributed by atoms with Gasteiger partial charge in [-0.15, -0.1) is 0 Å². The van der Waals surface area contributed by atoms with E-state index >= 15 is 0 Å². The van der Waals surface area contributed by atoms with Crippen molar-refractivity contribution in [2.45, 2.75) is 26.0 Å². The Morgan fingerprint density at radius 2 is 1.85 bits per heavy atom. The molecule has 7 nitrogen and oxygen atoms in total. The summed E-state index contributed by atoms with van der Waals surface area (Å²) in [6.07, 6.45) is 0.857. The summed E-state index contributed by atoms with van der Waals surface area (Å²) in [6, 6.07) is 20.5. The maximum absolute atomic E-state index is 10.6. The summed E-state index contributed by atoms with van der Waals surface area (Å²) in [4.78, 5) is 9.39. The summed E-state index contributed by atoms with van der Waals surface area (Å²) in [5.74, 6) is 2.54. The van der Waals surface area contributed by atoms with Crippen molar-refractivity contribution in [1.82, 2.24) is 9.97 Å². The molecule has 0 aliphatic rings. The van der Waals surface area contributed by atoms with Gasteiger partial charge < -0.3 is 25.6 Å². The number of para-hydroxylation sites is 1. The topological polar surface area (TPSA) is 103 Å². The molecule has 0 saturated carbocycles. The normalized spacial score (nSPS) is 11.8. The van der Waals surface area contributed by atoms with Crippen LogP contribution in [0.3, 0.4) is 0 Å². The van der Waals surface area contributed by atoms with E-state index < -0.39 is 0 Å². The number of nitrogens with one attached hydrogen (secondary N) is 1. The Morgan fingerprint density at radius 1 is 1.00 bits per heavy atom. The molecule has 0 fully saturated rings. The number of nitrogens with two attached hydrogens (primary N) is 1. The predicted octanol–water partition coefficient (Wildman–Crippen LogP) is 4.74. The summed E-state index contributed by atoms with van der Waals surface area (Å²) in [5.41, 5.74) is 8.33. The molecule has 0 aliphatic heterocycles. The number of aromatic nitrogens is 2. The molecule has 1 heterocycles. The number of phenolic OH excluding ortho intramolecular Hbond substituents is 1. The van der Waals surface area contributed by atoms with E-state index in [0.717, 1.165) is 28.6 Å². The van der Waals surface area contributed by atoms with Gasteiger partial charge in [0.15, 0.2) is 5.82 Å². The second-order valence-corrected chi connectivity index (χ2v) is 7.78. The quantitative estimate of drug-likeness (QED) is 0.343. The zero-order valence-electron chi connectivity index (χ0n) is 18.8. The van der Waals surface area contributed by atoms with E-state index in [2.05, 4.69) is 10.3 Å². The lowest BCUT2D eigenvalue weighted by Crippen LogP contribution is -2.28. The molecule has 4 rings (SSSR count). The number of rotatable bonds is 9. The van der Waals surface area contributed by atoms with Crippen LogP contribution in [0.4, 0.5) is 5.82 Å². The minimum absolute atomic E-state index is 0.0175. The first kappa shape index (κ1) is 22.4. The molecule has 7 heteroatoms. The fraction of sp³-hybridized carbons (Fsp3) is 0.231. The van der Waals surface area contributed by atoms with Crippen LogP contribution in [0, 0.1) is 0 Å². The van der Waals surface area contributed by atoms with E-state index in [1.54, 1.807) is 25.3 Å². The first-order valence-corrected chi connectivity index (χ1v) is 10.9. The van der Waals surface area contributed by atoms with Crippen molar-refractivity contribution < 1.29 is 14.6 Å². The van der Waals surface area contributed by atoms with E-state index in [-0.39, 0.29) is 11.8 Å². The zero-order chi connectivity index (χ0) is 23.2. The number of nitrogens with zero attached hydrogens (tertiary/aromatic N) is 2. The van der Waals surface area contributed by atoms with Gasteiger partial charge in [0.1, 0.15) is 29.7 Å². The van der Waals surface area contributed by atoms with E-state index in [9.17, 15) is 5.11 Å². The number of hydrogen-bond acceptors (Lipinski definition) is 7. The summed E-state index contributed by atoms with van der Waals surface area (Å²) in [7, 11) is 1.63. The standard InChI is InChI=1S/C26H28N4O3/c1-3-18(27)15-28-25-21-9-4-5-10-23(21)29-26(30-25)22-14-20(11-12-24(22)31)33-16-17-7-6-8-19(13-17)32-2/h4-14,18,31H,3,15-16,27H2,1-2H3,(H,28,29,30)/t18-/m0/s1. The van der Waals surface area contributed by atoms with Crippen molar-refractivity contribution in [2.24, 2.45) is 5.73 Å². The smallest absolute Gasteiger partial charge is 0.166 e. The van der Waals surface area contributed by atoms with Gasteiger partial charge in [-0.05, 0) is 54.4 Å². The molecule has 1 aromatic heterocycles. The van der Waals surface area contributed by atoms with Gasteiger partial charge in [0.2, 0.25) is 0 Å². The van der Waals surface area contributed by atoms with Crippen LogP contribution < -0.4 is 20.5 Å². The van der Waals surface area contributed by atoms with Crippen LogP contribution in [0.15, 0.2) is 66.7 Å². The van der Waals surface area contributed by atoms with Crippen molar-refractivity contribution in [1.29, 1.82) is 0 Å². The van der Waals surface area contributed by atoms with E-state index in [0.29, 0.717) is 36.1 Å². The molecule has 0 spiro atoms. The molecule has 4 aromatic rings. The number of hydrogen-bond donors (Lipinski definition) is 3. The minimum Gasteiger partial charge on any atom is -0.507 e. The van der Waals surface area contributed by atoms with E-state index in [1.807, 2.05) is 55.5 Å². The first-order valence-electron chi connectivity index (χ1n) is 10.9. The molecule has 170 valence electrons. The third-order valence-electron chi connectivity index (χ3n) is 5.41. The first-order chi connectivity index (χ1) is 16.1. The SMILES string of the molecule is CC[C@H](N)CNc1nc(-c2cc(OCc3cccc(OC)c3)ccc2O)nc2ccccc12. The van der Waals surface area contributed by atoms with Crippen LogP contribution in [-0.4, -0.2) is 34.8 Å². The van der Waals surface area contributed by atoms with Gasteiger partial charge in [0, 0.05) is 18.0 Å². The Labute approximate surface area is 193 Å². The second kappa shape index (κ2) is 10.2. The third kappa shape index (κ3) is 5.32. The van der Waals surface area contributed by atoms with Crippen LogP contribution in [0.2, 0.25) is 0 Å². The summed E-state index contributed by atoms with van der Waals surface area (Å²) in [6.45, 7) is 3.00. The van der Waals surface area contributed by atoms with Gasteiger partial charge in [0.25, 0.3) is 0 Å². The fourth-order valence-corrected chi connectivity index (χ4v) is 3.42. The van der Waals surface area contributed by atoms with Gasteiger partial charge in [-0.25, -0.2) is 9.97 Å². The lowest BCUT2D eigenvalue weighted by Gasteiger charge is -2.15. The number of benzene rings is 3. The van der Waals surface area contributed by atoms with Crippen molar-refractivity contribution in [3.05, 3.63) is 72.3 Å². The Balaban J connectivity index is 1.64. The van der Waals surface area contributed by atoms with Crippen LogP contribution in [-0.2, 0) is 6.61 Å². The molecule has 1 atom stereocenters. The number of anilines is 1. The lowest BCUT2D eigenvalue weighted by molar-refractivity contribution is 0.305. The Kier molecular flexibility index (Phi) is 6.90. The Hall–Kier alpha value is -3.84. The molecule has 0 aliphatic carbocycles. The predicted molar refractivity (Wildman–Crippen MR) is 131 cm³/mol. The van der Waals surface area contributed by atoms with Crippen molar-refractivity contribution in [3.63, 3.8) is 0 Å². The van der Waals surface area contributed by atoms with Crippen molar-refractivity contribution in [2.75, 3.05) is 19.0 Å². The number of methoxy groups -OCH3 is 1. The summed E-state index contributed by atoms with van der Waals surface area (Å²) in [5, 5.41) is 14.8. The van der Waals surface area contributed by atoms with Gasteiger partial charge >= 0.3 is 0 Å². The average molecular weight is 445 g/mol. The molecule has 0 saturated heterocycles. The van der Waals surface area contributed by atoms with Crippen LogP contribution >= 0.6 is 0 Å². The monoisotopic (exact) mass is 444 g/mol. The number of fused-ring (bicyclic) bond motifs is 1. The molecule has 4 N–H and O–H groups in total. The van der Waals surface area contributed by atoms with Crippen LogP contribution in [0.25, 0.3) is 22.3 Å². The highest BCUT2D eigenvalue weighted by Gasteiger charge is 2.14. The van der Waals surface area contributed by atoms with E-state index in [4.69, 9.17) is 20.2 Å². The Morgan fingerprint density at radius 3 is 2.67 bits per heavy atom. The number of ether oxygens (including phenoxy) is 2. The molecule has 0 radical (unpaired) electrons. The maximum Gasteiger partial charge on any atom is 0.166 e. The largest absolute Gasteiger partial charge is 0.507 e. The Bertz CT molecular complexity index is 1250. The van der Waals surface area contributed by atoms with Gasteiger partial charge in [0.05, 0.1) is 18.2 Å². The minimum atomic E-state index is 0.0175. The fourth-order valence-electron chi connectivity index (χ4n) is 3.42. The highest BCUT2D eigenvalue weighted by molar-refractivity contribution is 5.91. The van der Waals surface area contributed by atoms with Gasteiger partial charge in [-0.3, -0.25) is 0 Å². The van der Waals surface area contributed by atoms with Crippen molar-refractivity contribution >= 4 is 16.7 Å². The molecule has 33 heavy (non-hydrogen) atoms. The van der Waals surface area contributed by atoms with Gasteiger partial charge in [-0.1, -0.05) is 31.2 Å². The van der Waals surface area contributed by atoms with Gasteiger partial charge in [-0.2, -0.15) is 0 Å². The van der Waals surface area contributed by atoms with Crippen molar-refractivity contribution in [3.8, 4) is 28.6 Å². The summed E-state index contributed by atoms with van der Waals surface area (Å²) < 4.78 is 11.2. The average Bonchev–Trinajstić information content (AvgIpc) is 2.86. The third-order valence-corrected chi connectivity index (χ3v) is 5.41. The highest BCUT2D eigenvalue weighted by Crippen LogP contribution is 2.33. The van der Waals surface area contributed by atoms with E-state index in [1.165, 1.54) is 0 Å². The molecular formula is C26H28N4O3. The van der Waals surface area contributed by atoms with Crippen LogP contribution in [0.1, 0.15) is 18.9 Å². The molecular weight excluding hydrogens is 416 g/mol. The number of phenols is 1. The second-order valence-electron chi connectivity index (χ2n) is 7.78. The molecule has 3 aromatic carbocycles. The van der Waals surface area contributed by atoms with Crippen LogP contribution in [0.5, 0.6) is 17.2 Å². The highest BCUT2D eigenvalue weighted by atomic mass is 16.5. The zero-order valence-corrected chi connectivity index (χ0v) is 18.8.